The van der Waals surface area contributed by atoms with Crippen molar-refractivity contribution in [3.05, 3.63) is 0 Å². The SMILES string of the molecule is CC1CO[C@@H](COS(=O)(=O)O)C(C)C1C. The molecule has 1 heterocycles. The van der Waals surface area contributed by atoms with E-state index in [0.717, 1.165) is 0 Å². The molecule has 0 saturated carbocycles. The molecule has 5 nitrogen and oxygen atoms in total. The van der Waals surface area contributed by atoms with Crippen molar-refractivity contribution in [1.29, 1.82) is 0 Å². The van der Waals surface area contributed by atoms with Crippen LogP contribution in [0.1, 0.15) is 20.8 Å². The maximum atomic E-state index is 10.4. The van der Waals surface area contributed by atoms with Gasteiger partial charge in [-0.3, -0.25) is 4.55 Å². The molecule has 6 heteroatoms. The Bertz CT molecular complexity index is 300. The van der Waals surface area contributed by atoms with E-state index in [1.54, 1.807) is 0 Å². The Morgan fingerprint density at radius 1 is 1.33 bits per heavy atom. The third-order valence-electron chi connectivity index (χ3n) is 3.27. The lowest BCUT2D eigenvalue weighted by Gasteiger charge is -2.37. The van der Waals surface area contributed by atoms with Crippen molar-refractivity contribution < 1.29 is 21.9 Å². The molecular weight excluding hydrogens is 220 g/mol. The second-order valence-electron chi connectivity index (χ2n) is 4.28. The van der Waals surface area contributed by atoms with Crippen molar-refractivity contribution in [3.8, 4) is 0 Å². The second kappa shape index (κ2) is 4.78. The van der Waals surface area contributed by atoms with Crippen LogP contribution in [0.25, 0.3) is 0 Å². The van der Waals surface area contributed by atoms with Crippen LogP contribution in [0.5, 0.6) is 0 Å². The maximum Gasteiger partial charge on any atom is 0.397 e. The molecule has 4 atom stereocenters. The molecule has 1 fully saturated rings. The molecule has 90 valence electrons. The van der Waals surface area contributed by atoms with E-state index in [0.29, 0.717) is 18.4 Å². The summed E-state index contributed by atoms with van der Waals surface area (Å²) >= 11 is 0. The van der Waals surface area contributed by atoms with Crippen molar-refractivity contribution in [2.75, 3.05) is 13.2 Å². The summed E-state index contributed by atoms with van der Waals surface area (Å²) in [7, 11) is -4.36. The molecular formula is C9H18O5S. The highest BCUT2D eigenvalue weighted by atomic mass is 32.3. The molecule has 0 radical (unpaired) electrons. The Morgan fingerprint density at radius 3 is 2.47 bits per heavy atom. The molecule has 0 aromatic rings. The van der Waals surface area contributed by atoms with Crippen LogP contribution in [0.4, 0.5) is 0 Å². The van der Waals surface area contributed by atoms with Gasteiger partial charge in [0.1, 0.15) is 0 Å². The number of ether oxygens (including phenoxy) is 1. The highest BCUT2D eigenvalue weighted by Crippen LogP contribution is 2.30. The average molecular weight is 238 g/mol. The molecule has 0 aromatic carbocycles. The summed E-state index contributed by atoms with van der Waals surface area (Å²) in [5.74, 6) is 1.13. The number of hydrogen-bond acceptors (Lipinski definition) is 4. The third kappa shape index (κ3) is 3.71. The zero-order valence-corrected chi connectivity index (χ0v) is 10.0. The zero-order chi connectivity index (χ0) is 11.6. The molecule has 0 aromatic heterocycles. The van der Waals surface area contributed by atoms with Crippen molar-refractivity contribution in [1.82, 2.24) is 0 Å². The molecule has 1 rings (SSSR count). The van der Waals surface area contributed by atoms with Crippen LogP contribution < -0.4 is 0 Å². The molecule has 0 bridgehead atoms. The highest BCUT2D eigenvalue weighted by molar-refractivity contribution is 7.80. The molecule has 1 aliphatic heterocycles. The van der Waals surface area contributed by atoms with Crippen LogP contribution in [0, 0.1) is 17.8 Å². The highest BCUT2D eigenvalue weighted by Gasteiger charge is 2.33. The lowest BCUT2D eigenvalue weighted by Crippen LogP contribution is -2.41. The molecule has 1 aliphatic rings. The molecule has 3 unspecified atom stereocenters. The monoisotopic (exact) mass is 238 g/mol. The average Bonchev–Trinajstić information content (AvgIpc) is 2.12. The zero-order valence-electron chi connectivity index (χ0n) is 9.21. The van der Waals surface area contributed by atoms with E-state index in [9.17, 15) is 8.42 Å². The van der Waals surface area contributed by atoms with Crippen molar-refractivity contribution in [3.63, 3.8) is 0 Å². The normalized spacial score (nSPS) is 37.9. The van der Waals surface area contributed by atoms with Gasteiger partial charge in [0.15, 0.2) is 0 Å². The lowest BCUT2D eigenvalue weighted by atomic mass is 9.80. The molecule has 0 spiro atoms. The van der Waals surface area contributed by atoms with Gasteiger partial charge in [0, 0.05) is 6.61 Å². The quantitative estimate of drug-likeness (QED) is 0.746. The fourth-order valence-corrected chi connectivity index (χ4v) is 2.09. The van der Waals surface area contributed by atoms with Gasteiger partial charge in [-0.2, -0.15) is 8.42 Å². The van der Waals surface area contributed by atoms with Crippen LogP contribution in [-0.2, 0) is 19.3 Å². The summed E-state index contributed by atoms with van der Waals surface area (Å²) in [5.41, 5.74) is 0. The van der Waals surface area contributed by atoms with Gasteiger partial charge in [0.05, 0.1) is 12.7 Å². The standard InChI is InChI=1S/C9H18O5S/c1-6-4-13-9(8(3)7(6)2)5-14-15(10,11)12/h6-9H,4-5H2,1-3H3,(H,10,11,12)/t6?,7?,8?,9-/m0/s1. The summed E-state index contributed by atoms with van der Waals surface area (Å²) in [4.78, 5) is 0. The summed E-state index contributed by atoms with van der Waals surface area (Å²) in [5, 5.41) is 0. The molecule has 1 saturated heterocycles. The van der Waals surface area contributed by atoms with Crippen molar-refractivity contribution >= 4 is 10.4 Å². The minimum Gasteiger partial charge on any atom is -0.375 e. The predicted molar refractivity (Wildman–Crippen MR) is 54.7 cm³/mol. The first-order valence-corrected chi connectivity index (χ1v) is 6.41. The van der Waals surface area contributed by atoms with Crippen LogP contribution in [0.15, 0.2) is 0 Å². The van der Waals surface area contributed by atoms with Gasteiger partial charge >= 0.3 is 10.4 Å². The van der Waals surface area contributed by atoms with Crippen LogP contribution in [-0.4, -0.2) is 32.3 Å². The second-order valence-corrected chi connectivity index (χ2v) is 5.37. The summed E-state index contributed by atoms with van der Waals surface area (Å²) in [6, 6.07) is 0. The van der Waals surface area contributed by atoms with Gasteiger partial charge < -0.3 is 4.74 Å². The maximum absolute atomic E-state index is 10.4. The van der Waals surface area contributed by atoms with Crippen molar-refractivity contribution in [2.24, 2.45) is 17.8 Å². The Balaban J connectivity index is 2.50. The Labute approximate surface area is 90.7 Å². The van der Waals surface area contributed by atoms with Gasteiger partial charge in [-0.15, -0.1) is 0 Å². The van der Waals surface area contributed by atoms with Crippen molar-refractivity contribution in [2.45, 2.75) is 26.9 Å². The van der Waals surface area contributed by atoms with Gasteiger partial charge in [-0.1, -0.05) is 20.8 Å². The van der Waals surface area contributed by atoms with Crippen LogP contribution in [0.3, 0.4) is 0 Å². The van der Waals surface area contributed by atoms with Crippen LogP contribution >= 0.6 is 0 Å². The van der Waals surface area contributed by atoms with E-state index in [1.807, 2.05) is 6.92 Å². The largest absolute Gasteiger partial charge is 0.397 e. The Morgan fingerprint density at radius 2 is 1.93 bits per heavy atom. The first-order valence-electron chi connectivity index (χ1n) is 5.04. The Hall–Kier alpha value is -0.170. The van der Waals surface area contributed by atoms with Gasteiger partial charge in [0.25, 0.3) is 0 Å². The minimum atomic E-state index is -4.36. The van der Waals surface area contributed by atoms with E-state index in [4.69, 9.17) is 9.29 Å². The van der Waals surface area contributed by atoms with E-state index in [2.05, 4.69) is 18.0 Å². The summed E-state index contributed by atoms with van der Waals surface area (Å²) in [6.07, 6.45) is -0.266. The first kappa shape index (κ1) is 12.9. The summed E-state index contributed by atoms with van der Waals surface area (Å²) < 4.78 is 39.0. The van der Waals surface area contributed by atoms with E-state index < -0.39 is 10.4 Å². The van der Waals surface area contributed by atoms with Gasteiger partial charge in [-0.25, -0.2) is 4.18 Å². The molecule has 1 N–H and O–H groups in total. The summed E-state index contributed by atoms with van der Waals surface area (Å²) in [6.45, 7) is 6.69. The smallest absolute Gasteiger partial charge is 0.375 e. The predicted octanol–water partition coefficient (Wildman–Crippen LogP) is 1.11. The third-order valence-corrected chi connectivity index (χ3v) is 3.70. The van der Waals surface area contributed by atoms with Gasteiger partial charge in [-0.05, 0) is 17.8 Å². The van der Waals surface area contributed by atoms with E-state index in [1.165, 1.54) is 0 Å². The first-order chi connectivity index (χ1) is 6.81. The number of hydrogen-bond donors (Lipinski definition) is 1. The Kier molecular flexibility index (Phi) is 4.11. The molecule has 0 amide bonds. The fourth-order valence-electron chi connectivity index (χ4n) is 1.79. The van der Waals surface area contributed by atoms with Gasteiger partial charge in [0.2, 0.25) is 0 Å². The number of rotatable bonds is 3. The topological polar surface area (TPSA) is 72.8 Å². The lowest BCUT2D eigenvalue weighted by molar-refractivity contribution is -0.0927. The van der Waals surface area contributed by atoms with Crippen LogP contribution in [0.2, 0.25) is 0 Å². The fraction of sp³-hybridized carbons (Fsp3) is 1.00. The molecule has 15 heavy (non-hydrogen) atoms. The van der Waals surface area contributed by atoms with E-state index in [-0.39, 0.29) is 18.6 Å². The van der Waals surface area contributed by atoms with E-state index >= 15 is 0 Å². The molecule has 0 aliphatic carbocycles. The minimum absolute atomic E-state index is 0.114.